The Kier molecular flexibility index (Phi) is 2.29. The van der Waals surface area contributed by atoms with Gasteiger partial charge in [-0.15, -0.1) is 5.76 Å². The van der Waals surface area contributed by atoms with E-state index in [4.69, 9.17) is 0 Å². The molecule has 2 nitrogen and oxygen atoms in total. The van der Waals surface area contributed by atoms with Crippen molar-refractivity contribution in [1.29, 1.82) is 0 Å². The molecule has 0 aliphatic heterocycles. The van der Waals surface area contributed by atoms with E-state index in [0.29, 0.717) is 0 Å². The quantitative estimate of drug-likeness (QED) is 0.433. The first-order valence-electron chi connectivity index (χ1n) is 1.78. The maximum atomic E-state index is 9.93. The first kappa shape index (κ1) is 5.34. The van der Waals surface area contributed by atoms with E-state index in [0.717, 1.165) is 0 Å². The van der Waals surface area contributed by atoms with Gasteiger partial charge in [0.25, 0.3) is 0 Å². The van der Waals surface area contributed by atoms with Crippen LogP contribution in [0.25, 0.3) is 0 Å². The Morgan fingerprint density at radius 1 is 1.83 bits per heavy atom. The predicted octanol–water partition coefficient (Wildman–Crippen LogP) is -0.573. The van der Waals surface area contributed by atoms with Crippen LogP contribution in [-0.4, -0.2) is 7.05 Å². The second kappa shape index (κ2) is 2.57. The Morgan fingerprint density at radius 3 is 2.33 bits per heavy atom. The van der Waals surface area contributed by atoms with Crippen molar-refractivity contribution < 1.29 is 5.11 Å². The lowest BCUT2D eigenvalue weighted by Gasteiger charge is -1.99. The monoisotopic (exact) mass is 86.1 g/mol. The first-order chi connectivity index (χ1) is 2.77. The Morgan fingerprint density at radius 2 is 2.33 bits per heavy atom. The molecule has 0 bridgehead atoms. The van der Waals surface area contributed by atoms with E-state index < -0.39 is 0 Å². The summed E-state index contributed by atoms with van der Waals surface area (Å²) in [4.78, 5) is 0. The van der Waals surface area contributed by atoms with Gasteiger partial charge in [0.15, 0.2) is 0 Å². The lowest BCUT2D eigenvalue weighted by Crippen LogP contribution is -2.03. The summed E-state index contributed by atoms with van der Waals surface area (Å²) < 4.78 is 0. The molecule has 36 valence electrons. The molecule has 2 heteroatoms. The zero-order valence-electron chi connectivity index (χ0n) is 3.99. The molecule has 0 saturated heterocycles. The smallest absolute Gasteiger partial charge is 0.00274 e. The van der Waals surface area contributed by atoms with Crippen molar-refractivity contribution in [2.45, 2.75) is 6.92 Å². The molecule has 0 spiro atoms. The molecule has 0 aromatic rings. The third-order valence-corrected chi connectivity index (χ3v) is 0.348. The molecule has 0 rings (SSSR count). The summed E-state index contributed by atoms with van der Waals surface area (Å²) in [7, 11) is 1.70. The van der Waals surface area contributed by atoms with Gasteiger partial charge in [0.2, 0.25) is 0 Å². The van der Waals surface area contributed by atoms with Crippen LogP contribution in [0.3, 0.4) is 0 Å². The third kappa shape index (κ3) is 3.34. The molecule has 0 aliphatic rings. The van der Waals surface area contributed by atoms with E-state index in [1.807, 2.05) is 0 Å². The Labute approximate surface area is 37.5 Å². The Hall–Kier alpha value is -0.660. The van der Waals surface area contributed by atoms with Crippen molar-refractivity contribution in [2.24, 2.45) is 0 Å². The van der Waals surface area contributed by atoms with Crippen LogP contribution in [0.1, 0.15) is 6.92 Å². The van der Waals surface area contributed by atoms with Crippen LogP contribution in [-0.2, 0) is 0 Å². The van der Waals surface area contributed by atoms with Crippen LogP contribution in [0.4, 0.5) is 0 Å². The van der Waals surface area contributed by atoms with E-state index in [1.54, 1.807) is 7.05 Å². The minimum Gasteiger partial charge on any atom is -0.875 e. The SMILES string of the molecule is CNC=C(C)[O-]. The summed E-state index contributed by atoms with van der Waals surface area (Å²) in [5.41, 5.74) is 0. The molecule has 0 aliphatic carbocycles. The molecule has 0 heterocycles. The fourth-order valence-corrected chi connectivity index (χ4v) is 0.203. The van der Waals surface area contributed by atoms with Crippen molar-refractivity contribution >= 4 is 0 Å². The maximum absolute atomic E-state index is 9.93. The standard InChI is InChI=1S/C4H9NO/c1-4(6)3-5-2/h3,5-6H,1-2H3/p-1. The molecule has 0 unspecified atom stereocenters. The minimum atomic E-state index is 0.0532. The van der Waals surface area contributed by atoms with Crippen molar-refractivity contribution in [1.82, 2.24) is 5.32 Å². The fourth-order valence-electron chi connectivity index (χ4n) is 0.203. The van der Waals surface area contributed by atoms with Gasteiger partial charge in [-0.2, -0.15) is 0 Å². The molecule has 0 radical (unpaired) electrons. The summed E-state index contributed by atoms with van der Waals surface area (Å²) in [6.07, 6.45) is 1.40. The molecular formula is C4H8NO-. The second-order valence-electron chi connectivity index (χ2n) is 1.04. The Balaban J connectivity index is 3.14. The van der Waals surface area contributed by atoms with E-state index in [-0.39, 0.29) is 5.76 Å². The molecule has 0 aromatic carbocycles. The molecular weight excluding hydrogens is 78.0 g/mol. The summed E-state index contributed by atoms with van der Waals surface area (Å²) >= 11 is 0. The normalized spacial score (nSPS) is 11.3. The molecule has 0 amide bonds. The summed E-state index contributed by atoms with van der Waals surface area (Å²) in [6.45, 7) is 1.50. The van der Waals surface area contributed by atoms with Crippen LogP contribution in [0.2, 0.25) is 0 Å². The van der Waals surface area contributed by atoms with Crippen LogP contribution in [0.5, 0.6) is 0 Å². The zero-order valence-corrected chi connectivity index (χ0v) is 3.99. The van der Waals surface area contributed by atoms with Crippen LogP contribution >= 0.6 is 0 Å². The first-order valence-corrected chi connectivity index (χ1v) is 1.78. The summed E-state index contributed by atoms with van der Waals surface area (Å²) in [5, 5.41) is 12.5. The molecule has 1 N–H and O–H groups in total. The number of hydrogen-bond acceptors (Lipinski definition) is 2. The van der Waals surface area contributed by atoms with Crippen molar-refractivity contribution in [3.8, 4) is 0 Å². The number of allylic oxidation sites excluding steroid dienone is 1. The zero-order chi connectivity index (χ0) is 4.99. The van der Waals surface area contributed by atoms with Gasteiger partial charge in [-0.3, -0.25) is 0 Å². The highest BCUT2D eigenvalue weighted by atomic mass is 16.3. The van der Waals surface area contributed by atoms with E-state index >= 15 is 0 Å². The predicted molar refractivity (Wildman–Crippen MR) is 22.8 cm³/mol. The van der Waals surface area contributed by atoms with Gasteiger partial charge < -0.3 is 10.4 Å². The van der Waals surface area contributed by atoms with Gasteiger partial charge in [-0.25, -0.2) is 0 Å². The molecule has 6 heavy (non-hydrogen) atoms. The van der Waals surface area contributed by atoms with E-state index in [2.05, 4.69) is 5.32 Å². The van der Waals surface area contributed by atoms with Gasteiger partial charge in [-0.05, 0) is 6.20 Å². The van der Waals surface area contributed by atoms with Crippen molar-refractivity contribution in [2.75, 3.05) is 7.05 Å². The van der Waals surface area contributed by atoms with Gasteiger partial charge in [0.05, 0.1) is 0 Å². The average molecular weight is 86.1 g/mol. The van der Waals surface area contributed by atoms with Gasteiger partial charge in [-0.1, -0.05) is 6.92 Å². The van der Waals surface area contributed by atoms with E-state index in [1.165, 1.54) is 13.1 Å². The Bertz CT molecular complexity index is 54.6. The van der Waals surface area contributed by atoms with Gasteiger partial charge in [0, 0.05) is 7.05 Å². The van der Waals surface area contributed by atoms with Crippen LogP contribution in [0, 0.1) is 0 Å². The topological polar surface area (TPSA) is 35.1 Å². The number of hydrogen-bond donors (Lipinski definition) is 1. The number of rotatable bonds is 1. The molecule has 0 atom stereocenters. The van der Waals surface area contributed by atoms with Crippen molar-refractivity contribution in [3.63, 3.8) is 0 Å². The molecule has 0 fully saturated rings. The lowest BCUT2D eigenvalue weighted by molar-refractivity contribution is -0.302. The maximum Gasteiger partial charge on any atom is 0.00274 e. The minimum absolute atomic E-state index is 0.0532. The number of nitrogens with one attached hydrogen (secondary N) is 1. The molecule has 0 saturated carbocycles. The summed E-state index contributed by atoms with van der Waals surface area (Å²) in [6, 6.07) is 0. The van der Waals surface area contributed by atoms with E-state index in [9.17, 15) is 5.11 Å². The van der Waals surface area contributed by atoms with Gasteiger partial charge in [0.1, 0.15) is 0 Å². The molecule has 0 aromatic heterocycles. The lowest BCUT2D eigenvalue weighted by atomic mass is 10.6. The van der Waals surface area contributed by atoms with Crippen LogP contribution in [0.15, 0.2) is 12.0 Å². The third-order valence-electron chi connectivity index (χ3n) is 0.348. The second-order valence-corrected chi connectivity index (χ2v) is 1.04. The van der Waals surface area contributed by atoms with Crippen molar-refractivity contribution in [3.05, 3.63) is 12.0 Å². The average Bonchev–Trinajstić information content (AvgIpc) is 1.35. The highest BCUT2D eigenvalue weighted by Gasteiger charge is 1.55. The van der Waals surface area contributed by atoms with Crippen LogP contribution < -0.4 is 10.4 Å². The highest BCUT2D eigenvalue weighted by molar-refractivity contribution is 4.79. The highest BCUT2D eigenvalue weighted by Crippen LogP contribution is 1.67. The summed E-state index contributed by atoms with van der Waals surface area (Å²) in [5.74, 6) is 0.0532. The fraction of sp³-hybridized carbons (Fsp3) is 0.500. The largest absolute Gasteiger partial charge is 0.875 e. The van der Waals surface area contributed by atoms with Gasteiger partial charge >= 0.3 is 0 Å².